The number of aromatic nitrogens is 2. The molecule has 0 spiro atoms. The van der Waals surface area contributed by atoms with E-state index in [9.17, 15) is 4.79 Å². The van der Waals surface area contributed by atoms with Gasteiger partial charge in [0.15, 0.2) is 0 Å². The van der Waals surface area contributed by atoms with Crippen LogP contribution in [0.2, 0.25) is 0 Å². The van der Waals surface area contributed by atoms with E-state index >= 15 is 0 Å². The van der Waals surface area contributed by atoms with E-state index in [0.717, 1.165) is 12.2 Å². The SMILES string of the molecule is CNC(=O)Cn1cc(NCc2ccc(C)c(C)c2)cn1. The van der Waals surface area contributed by atoms with Gasteiger partial charge in [-0.25, -0.2) is 0 Å². The van der Waals surface area contributed by atoms with Gasteiger partial charge in [0.25, 0.3) is 0 Å². The third kappa shape index (κ3) is 3.60. The van der Waals surface area contributed by atoms with E-state index in [4.69, 9.17) is 0 Å². The van der Waals surface area contributed by atoms with Gasteiger partial charge in [0.1, 0.15) is 6.54 Å². The molecular weight excluding hydrogens is 252 g/mol. The van der Waals surface area contributed by atoms with Crippen molar-refractivity contribution in [3.05, 3.63) is 47.3 Å². The molecule has 2 rings (SSSR count). The second kappa shape index (κ2) is 6.23. The predicted molar refractivity (Wildman–Crippen MR) is 79.5 cm³/mol. The molecule has 0 bridgehead atoms. The Morgan fingerprint density at radius 3 is 2.80 bits per heavy atom. The van der Waals surface area contributed by atoms with Gasteiger partial charge in [-0.3, -0.25) is 9.48 Å². The van der Waals surface area contributed by atoms with Gasteiger partial charge < -0.3 is 10.6 Å². The number of aryl methyl sites for hydroxylation is 2. The van der Waals surface area contributed by atoms with Crippen molar-refractivity contribution in [2.45, 2.75) is 26.9 Å². The maximum Gasteiger partial charge on any atom is 0.241 e. The fraction of sp³-hybridized carbons (Fsp3) is 0.333. The molecule has 0 saturated heterocycles. The Labute approximate surface area is 119 Å². The van der Waals surface area contributed by atoms with Crippen LogP contribution in [0.15, 0.2) is 30.6 Å². The van der Waals surface area contributed by atoms with Crippen molar-refractivity contribution in [3.63, 3.8) is 0 Å². The van der Waals surface area contributed by atoms with Crippen LogP contribution in [0.1, 0.15) is 16.7 Å². The Balaban J connectivity index is 1.93. The summed E-state index contributed by atoms with van der Waals surface area (Å²) in [6.45, 7) is 5.20. The van der Waals surface area contributed by atoms with Gasteiger partial charge in [-0.15, -0.1) is 0 Å². The number of hydrogen-bond donors (Lipinski definition) is 2. The molecule has 0 fully saturated rings. The molecule has 1 aromatic heterocycles. The van der Waals surface area contributed by atoms with Gasteiger partial charge in [-0.05, 0) is 30.5 Å². The molecule has 1 amide bonds. The molecule has 5 nitrogen and oxygen atoms in total. The number of nitrogens with zero attached hydrogens (tertiary/aromatic N) is 2. The van der Waals surface area contributed by atoms with Gasteiger partial charge in [0, 0.05) is 19.8 Å². The summed E-state index contributed by atoms with van der Waals surface area (Å²) >= 11 is 0. The fourth-order valence-electron chi connectivity index (χ4n) is 1.89. The van der Waals surface area contributed by atoms with Crippen LogP contribution in [0.25, 0.3) is 0 Å². The predicted octanol–water partition coefficient (Wildman–Crippen LogP) is 1.86. The first-order valence-corrected chi connectivity index (χ1v) is 6.61. The van der Waals surface area contributed by atoms with E-state index in [1.165, 1.54) is 16.7 Å². The zero-order valence-electron chi connectivity index (χ0n) is 12.1. The minimum Gasteiger partial charge on any atom is -0.378 e. The zero-order chi connectivity index (χ0) is 14.5. The Bertz CT molecular complexity index is 604. The lowest BCUT2D eigenvalue weighted by atomic mass is 10.1. The number of hydrogen-bond acceptors (Lipinski definition) is 3. The second-order valence-corrected chi connectivity index (χ2v) is 4.87. The van der Waals surface area contributed by atoms with Crippen LogP contribution < -0.4 is 10.6 Å². The molecule has 0 aliphatic rings. The molecule has 1 heterocycles. The molecule has 20 heavy (non-hydrogen) atoms. The summed E-state index contributed by atoms with van der Waals surface area (Å²) in [7, 11) is 1.62. The third-order valence-electron chi connectivity index (χ3n) is 3.29. The third-order valence-corrected chi connectivity index (χ3v) is 3.29. The standard InChI is InChI=1S/C15H20N4O/c1-11-4-5-13(6-12(11)2)7-17-14-8-18-19(9-14)10-15(20)16-3/h4-6,8-9,17H,7,10H2,1-3H3,(H,16,20). The van der Waals surface area contributed by atoms with Crippen LogP contribution >= 0.6 is 0 Å². The molecule has 0 saturated carbocycles. The van der Waals surface area contributed by atoms with Crippen LogP contribution in [0.5, 0.6) is 0 Å². The highest BCUT2D eigenvalue weighted by Crippen LogP contribution is 2.12. The summed E-state index contributed by atoms with van der Waals surface area (Å²) in [4.78, 5) is 11.2. The number of rotatable bonds is 5. The highest BCUT2D eigenvalue weighted by atomic mass is 16.1. The van der Waals surface area contributed by atoms with Crippen molar-refractivity contribution in [1.82, 2.24) is 15.1 Å². The first kappa shape index (κ1) is 14.1. The summed E-state index contributed by atoms with van der Waals surface area (Å²) < 4.78 is 1.61. The van der Waals surface area contributed by atoms with Crippen LogP contribution in [0.4, 0.5) is 5.69 Å². The maximum atomic E-state index is 11.2. The first-order chi connectivity index (χ1) is 9.58. The number of likely N-dealkylation sites (N-methyl/N-ethyl adjacent to an activating group) is 1. The lowest BCUT2D eigenvalue weighted by molar-refractivity contribution is -0.121. The van der Waals surface area contributed by atoms with E-state index in [1.807, 2.05) is 6.20 Å². The monoisotopic (exact) mass is 272 g/mol. The van der Waals surface area contributed by atoms with Crippen molar-refractivity contribution in [1.29, 1.82) is 0 Å². The molecule has 2 aromatic rings. The molecule has 2 N–H and O–H groups in total. The zero-order valence-corrected chi connectivity index (χ0v) is 12.1. The highest BCUT2D eigenvalue weighted by Gasteiger charge is 2.03. The number of amides is 1. The Morgan fingerprint density at radius 2 is 2.10 bits per heavy atom. The van der Waals surface area contributed by atoms with Gasteiger partial charge in [0.2, 0.25) is 5.91 Å². The van der Waals surface area contributed by atoms with Crippen molar-refractivity contribution >= 4 is 11.6 Å². The Morgan fingerprint density at radius 1 is 1.30 bits per heavy atom. The summed E-state index contributed by atoms with van der Waals surface area (Å²) in [5.74, 6) is -0.0613. The normalized spacial score (nSPS) is 10.3. The topological polar surface area (TPSA) is 59.0 Å². The quantitative estimate of drug-likeness (QED) is 0.873. The van der Waals surface area contributed by atoms with Gasteiger partial charge in [0.05, 0.1) is 11.9 Å². The second-order valence-electron chi connectivity index (χ2n) is 4.87. The molecule has 106 valence electrons. The molecular formula is C15H20N4O. The molecule has 0 unspecified atom stereocenters. The number of carbonyl (C=O) groups is 1. The van der Waals surface area contributed by atoms with Gasteiger partial charge >= 0.3 is 0 Å². The molecule has 0 radical (unpaired) electrons. The van der Waals surface area contributed by atoms with Crippen LogP contribution in [-0.2, 0) is 17.9 Å². The van der Waals surface area contributed by atoms with E-state index < -0.39 is 0 Å². The smallest absolute Gasteiger partial charge is 0.241 e. The van der Waals surface area contributed by atoms with E-state index in [0.29, 0.717) is 0 Å². The number of nitrogens with one attached hydrogen (secondary N) is 2. The minimum atomic E-state index is -0.0613. The average Bonchev–Trinajstić information content (AvgIpc) is 2.87. The van der Waals surface area contributed by atoms with Crippen molar-refractivity contribution in [2.24, 2.45) is 0 Å². The largest absolute Gasteiger partial charge is 0.378 e. The van der Waals surface area contributed by atoms with Crippen LogP contribution in [0, 0.1) is 13.8 Å². The van der Waals surface area contributed by atoms with Gasteiger partial charge in [-0.1, -0.05) is 18.2 Å². The van der Waals surface area contributed by atoms with Crippen LogP contribution in [-0.4, -0.2) is 22.7 Å². The maximum absolute atomic E-state index is 11.2. The van der Waals surface area contributed by atoms with Crippen molar-refractivity contribution in [2.75, 3.05) is 12.4 Å². The summed E-state index contributed by atoms with van der Waals surface area (Å²) in [6, 6.07) is 6.42. The Kier molecular flexibility index (Phi) is 4.40. The van der Waals surface area contributed by atoms with Crippen LogP contribution in [0.3, 0.4) is 0 Å². The average molecular weight is 272 g/mol. The first-order valence-electron chi connectivity index (χ1n) is 6.61. The molecule has 0 atom stereocenters. The lowest BCUT2D eigenvalue weighted by Gasteiger charge is -2.06. The lowest BCUT2D eigenvalue weighted by Crippen LogP contribution is -2.23. The molecule has 0 aliphatic heterocycles. The van der Waals surface area contributed by atoms with Crippen molar-refractivity contribution < 1.29 is 4.79 Å². The summed E-state index contributed by atoms with van der Waals surface area (Å²) in [6.07, 6.45) is 3.56. The van der Waals surface area contributed by atoms with E-state index in [2.05, 4.69) is 47.8 Å². The van der Waals surface area contributed by atoms with Gasteiger partial charge in [-0.2, -0.15) is 5.10 Å². The number of carbonyl (C=O) groups excluding carboxylic acids is 1. The Hall–Kier alpha value is -2.30. The summed E-state index contributed by atoms with van der Waals surface area (Å²) in [5.41, 5.74) is 4.73. The van der Waals surface area contributed by atoms with E-state index in [1.54, 1.807) is 17.9 Å². The molecule has 1 aromatic carbocycles. The van der Waals surface area contributed by atoms with Crippen molar-refractivity contribution in [3.8, 4) is 0 Å². The molecule has 0 aliphatic carbocycles. The fourth-order valence-corrected chi connectivity index (χ4v) is 1.89. The number of benzene rings is 1. The van der Waals surface area contributed by atoms with E-state index in [-0.39, 0.29) is 12.5 Å². The highest BCUT2D eigenvalue weighted by molar-refractivity contribution is 5.75. The summed E-state index contributed by atoms with van der Waals surface area (Å²) in [5, 5.41) is 10.0. The molecule has 5 heteroatoms. The minimum absolute atomic E-state index is 0.0613. The number of anilines is 1.